The summed E-state index contributed by atoms with van der Waals surface area (Å²) < 4.78 is 50.3. The van der Waals surface area contributed by atoms with Crippen molar-refractivity contribution < 1.29 is 27.4 Å². The minimum atomic E-state index is -4.41. The number of benzene rings is 1. The lowest BCUT2D eigenvalue weighted by Gasteiger charge is -2.15. The van der Waals surface area contributed by atoms with Gasteiger partial charge in [0.1, 0.15) is 11.7 Å². The topological polar surface area (TPSA) is 79.1 Å². The first-order valence-corrected chi connectivity index (χ1v) is 8.28. The maximum absolute atomic E-state index is 12.8. The van der Waals surface area contributed by atoms with Gasteiger partial charge in [-0.2, -0.15) is 28.2 Å². The summed E-state index contributed by atoms with van der Waals surface area (Å²) in [7, 11) is 2.81. The van der Waals surface area contributed by atoms with E-state index in [4.69, 9.17) is 9.47 Å². The van der Waals surface area contributed by atoms with E-state index in [0.717, 1.165) is 12.1 Å². The number of aldehydes is 1. The second-order valence-electron chi connectivity index (χ2n) is 5.98. The van der Waals surface area contributed by atoms with Gasteiger partial charge in [-0.05, 0) is 24.6 Å². The monoisotopic (exact) mass is 394 g/mol. The Balaban J connectivity index is 2.14. The number of fused-ring (bicyclic) bond motifs is 1. The van der Waals surface area contributed by atoms with Crippen molar-refractivity contribution in [2.75, 3.05) is 14.2 Å². The van der Waals surface area contributed by atoms with Gasteiger partial charge in [-0.25, -0.2) is 4.68 Å². The molecular formula is C18H17F3N4O3. The van der Waals surface area contributed by atoms with Crippen LogP contribution in [0.15, 0.2) is 24.3 Å². The molecule has 0 amide bonds. The van der Waals surface area contributed by atoms with Crippen LogP contribution in [0.2, 0.25) is 0 Å². The van der Waals surface area contributed by atoms with Crippen molar-refractivity contribution in [3.05, 3.63) is 41.1 Å². The summed E-state index contributed by atoms with van der Waals surface area (Å²) >= 11 is 0. The quantitative estimate of drug-likeness (QED) is 0.598. The number of halogens is 3. The van der Waals surface area contributed by atoms with Crippen LogP contribution in [0.25, 0.3) is 11.0 Å². The fraction of sp³-hybridized carbons (Fsp3) is 0.333. The third-order valence-electron chi connectivity index (χ3n) is 4.31. The summed E-state index contributed by atoms with van der Waals surface area (Å²) in [5.74, 6) is 0.199. The SMILES string of the molecule is COc1nc(OC)c2c(CC=O)nn(C(C)c3ccc(C(F)(F)F)cc3)c2n1. The average Bonchev–Trinajstić information content (AvgIpc) is 3.05. The second-order valence-corrected chi connectivity index (χ2v) is 5.98. The second kappa shape index (κ2) is 7.45. The molecule has 0 aliphatic heterocycles. The molecule has 0 spiro atoms. The molecule has 28 heavy (non-hydrogen) atoms. The van der Waals surface area contributed by atoms with Crippen molar-refractivity contribution in [3.63, 3.8) is 0 Å². The van der Waals surface area contributed by atoms with Crippen molar-refractivity contribution in [1.29, 1.82) is 0 Å². The molecule has 0 aliphatic rings. The molecule has 1 unspecified atom stereocenters. The zero-order valence-corrected chi connectivity index (χ0v) is 15.3. The van der Waals surface area contributed by atoms with Gasteiger partial charge in [-0.3, -0.25) is 0 Å². The Bertz CT molecular complexity index is 1000. The molecule has 3 aromatic rings. The molecule has 0 fully saturated rings. The third kappa shape index (κ3) is 3.49. The number of carbonyl (C=O) groups is 1. The first-order valence-electron chi connectivity index (χ1n) is 8.28. The number of rotatable bonds is 6. The molecular weight excluding hydrogens is 377 g/mol. The molecule has 1 atom stereocenters. The van der Waals surface area contributed by atoms with E-state index in [2.05, 4.69) is 15.1 Å². The minimum Gasteiger partial charge on any atom is -0.480 e. The van der Waals surface area contributed by atoms with E-state index < -0.39 is 17.8 Å². The Morgan fingerprint density at radius 1 is 1.14 bits per heavy atom. The molecule has 0 bridgehead atoms. The summed E-state index contributed by atoms with van der Waals surface area (Å²) in [6.45, 7) is 1.76. The van der Waals surface area contributed by atoms with Gasteiger partial charge in [-0.1, -0.05) is 12.1 Å². The highest BCUT2D eigenvalue weighted by atomic mass is 19.4. The maximum Gasteiger partial charge on any atom is 0.416 e. The zero-order chi connectivity index (χ0) is 20.5. The zero-order valence-electron chi connectivity index (χ0n) is 15.3. The molecule has 2 heterocycles. The molecule has 0 aliphatic carbocycles. The van der Waals surface area contributed by atoms with Crippen LogP contribution < -0.4 is 9.47 Å². The minimum absolute atomic E-state index is 0.00921. The Hall–Kier alpha value is -3.17. The number of methoxy groups -OCH3 is 2. The maximum atomic E-state index is 12.8. The van der Waals surface area contributed by atoms with Crippen LogP contribution in [-0.4, -0.2) is 40.3 Å². The van der Waals surface area contributed by atoms with E-state index in [1.807, 2.05) is 0 Å². The smallest absolute Gasteiger partial charge is 0.416 e. The number of carbonyl (C=O) groups excluding carboxylic acids is 1. The number of hydrogen-bond acceptors (Lipinski definition) is 6. The summed E-state index contributed by atoms with van der Waals surface area (Å²) in [6, 6.07) is 4.38. The Morgan fingerprint density at radius 2 is 1.82 bits per heavy atom. The third-order valence-corrected chi connectivity index (χ3v) is 4.31. The van der Waals surface area contributed by atoms with E-state index in [9.17, 15) is 18.0 Å². The van der Waals surface area contributed by atoms with Crippen LogP contribution in [0, 0.1) is 0 Å². The van der Waals surface area contributed by atoms with Crippen LogP contribution in [-0.2, 0) is 17.4 Å². The molecule has 0 saturated heterocycles. The predicted molar refractivity (Wildman–Crippen MR) is 93.5 cm³/mol. The first kappa shape index (κ1) is 19.6. The van der Waals surface area contributed by atoms with Gasteiger partial charge in [0.25, 0.3) is 0 Å². The Morgan fingerprint density at radius 3 is 2.36 bits per heavy atom. The molecule has 10 heteroatoms. The lowest BCUT2D eigenvalue weighted by atomic mass is 10.1. The fourth-order valence-corrected chi connectivity index (χ4v) is 2.88. The van der Waals surface area contributed by atoms with Gasteiger partial charge in [-0.15, -0.1) is 0 Å². The molecule has 0 N–H and O–H groups in total. The number of ether oxygens (including phenoxy) is 2. The average molecular weight is 394 g/mol. The normalized spacial score (nSPS) is 12.8. The first-order chi connectivity index (χ1) is 13.3. The van der Waals surface area contributed by atoms with Crippen LogP contribution in [0.4, 0.5) is 13.2 Å². The molecule has 2 aromatic heterocycles. The van der Waals surface area contributed by atoms with E-state index in [-0.39, 0.29) is 18.3 Å². The molecule has 0 saturated carbocycles. The van der Waals surface area contributed by atoms with Crippen LogP contribution in [0.3, 0.4) is 0 Å². The van der Waals surface area contributed by atoms with Gasteiger partial charge < -0.3 is 14.3 Å². The van der Waals surface area contributed by atoms with E-state index in [0.29, 0.717) is 28.6 Å². The molecule has 7 nitrogen and oxygen atoms in total. The van der Waals surface area contributed by atoms with Gasteiger partial charge in [0, 0.05) is 6.42 Å². The number of hydrogen-bond donors (Lipinski definition) is 0. The molecule has 148 valence electrons. The van der Waals surface area contributed by atoms with E-state index in [1.54, 1.807) is 6.92 Å². The molecule has 0 radical (unpaired) electrons. The van der Waals surface area contributed by atoms with Crippen molar-refractivity contribution in [2.24, 2.45) is 0 Å². The number of alkyl halides is 3. The Labute approximate surface area is 158 Å². The number of nitrogens with zero attached hydrogens (tertiary/aromatic N) is 4. The van der Waals surface area contributed by atoms with Gasteiger partial charge >= 0.3 is 12.2 Å². The van der Waals surface area contributed by atoms with Gasteiger partial charge in [0.05, 0.1) is 31.5 Å². The number of aromatic nitrogens is 4. The molecule has 3 rings (SSSR count). The van der Waals surface area contributed by atoms with Crippen LogP contribution >= 0.6 is 0 Å². The standard InChI is InChI=1S/C18H17F3N4O3/c1-10(11-4-6-12(7-5-11)18(19,20)21)25-15-14(13(24-25)8-9-26)16(27-2)23-17(22-15)28-3/h4-7,9-10H,8H2,1-3H3. The highest BCUT2D eigenvalue weighted by molar-refractivity contribution is 5.86. The van der Waals surface area contributed by atoms with E-state index in [1.165, 1.54) is 31.0 Å². The van der Waals surface area contributed by atoms with Crippen LogP contribution in [0.5, 0.6) is 11.9 Å². The summed E-state index contributed by atoms with van der Waals surface area (Å²) in [5, 5.41) is 4.89. The molecule has 1 aromatic carbocycles. The van der Waals surface area contributed by atoms with Crippen molar-refractivity contribution >= 4 is 17.3 Å². The summed E-state index contributed by atoms with van der Waals surface area (Å²) in [5.41, 5.74) is 0.615. The van der Waals surface area contributed by atoms with Gasteiger partial charge in [0.2, 0.25) is 5.88 Å². The predicted octanol–water partition coefficient (Wildman–Crippen LogP) is 3.21. The largest absolute Gasteiger partial charge is 0.480 e. The highest BCUT2D eigenvalue weighted by Gasteiger charge is 2.30. The lowest BCUT2D eigenvalue weighted by molar-refractivity contribution is -0.137. The van der Waals surface area contributed by atoms with Crippen LogP contribution in [0.1, 0.15) is 29.8 Å². The lowest BCUT2D eigenvalue weighted by Crippen LogP contribution is -2.11. The Kier molecular flexibility index (Phi) is 5.21. The van der Waals surface area contributed by atoms with Gasteiger partial charge in [0.15, 0.2) is 5.65 Å². The fourth-order valence-electron chi connectivity index (χ4n) is 2.88. The van der Waals surface area contributed by atoms with Crippen molar-refractivity contribution in [1.82, 2.24) is 19.7 Å². The van der Waals surface area contributed by atoms with Crippen molar-refractivity contribution in [3.8, 4) is 11.9 Å². The van der Waals surface area contributed by atoms with Crippen molar-refractivity contribution in [2.45, 2.75) is 25.6 Å². The van der Waals surface area contributed by atoms with E-state index >= 15 is 0 Å². The summed E-state index contributed by atoms with van der Waals surface area (Å²) in [4.78, 5) is 19.5. The summed E-state index contributed by atoms with van der Waals surface area (Å²) in [6.07, 6.45) is -3.71. The highest BCUT2D eigenvalue weighted by Crippen LogP contribution is 2.33.